The number of carbonyl (C=O) groups is 2. The number of ketones is 1. The summed E-state index contributed by atoms with van der Waals surface area (Å²) in [6.07, 6.45) is 0.815. The molecule has 1 fully saturated rings. The number of anilines is 1. The lowest BCUT2D eigenvalue weighted by Crippen LogP contribution is -2.39. The Morgan fingerprint density at radius 2 is 1.66 bits per heavy atom. The molecule has 1 aliphatic rings. The fourth-order valence-electron chi connectivity index (χ4n) is 4.37. The number of thiazole rings is 1. The second-order valence-corrected chi connectivity index (χ2v) is 9.88. The van der Waals surface area contributed by atoms with Gasteiger partial charge in [-0.2, -0.15) is 0 Å². The summed E-state index contributed by atoms with van der Waals surface area (Å²) in [5.41, 5.74) is 2.49. The largest absolute Gasteiger partial charge is 0.497 e. The van der Waals surface area contributed by atoms with Crippen molar-refractivity contribution in [1.29, 1.82) is 0 Å². The monoisotopic (exact) mass is 551 g/mol. The molecule has 5 rings (SSSR count). The zero-order valence-corrected chi connectivity index (χ0v) is 22.8. The maximum Gasteiger partial charge on any atom is 0.260 e. The number of methoxy groups -OCH3 is 1. The van der Waals surface area contributed by atoms with E-state index in [1.54, 1.807) is 48.4 Å². The van der Waals surface area contributed by atoms with E-state index in [1.165, 1.54) is 11.3 Å². The van der Waals surface area contributed by atoms with Gasteiger partial charge < -0.3 is 9.47 Å². The van der Waals surface area contributed by atoms with Gasteiger partial charge in [0.25, 0.3) is 5.91 Å². The van der Waals surface area contributed by atoms with Crippen molar-refractivity contribution in [3.8, 4) is 5.75 Å². The molecule has 38 heavy (non-hydrogen) atoms. The van der Waals surface area contributed by atoms with Crippen LogP contribution in [0.15, 0.2) is 72.8 Å². The third-order valence-corrected chi connectivity index (χ3v) is 7.51. The van der Waals surface area contributed by atoms with Gasteiger partial charge in [-0.25, -0.2) is 4.98 Å². The molecule has 0 N–H and O–H groups in total. The van der Waals surface area contributed by atoms with E-state index in [0.717, 1.165) is 55.2 Å². The Kier molecular flexibility index (Phi) is 9.47. The number of benzene rings is 3. The van der Waals surface area contributed by atoms with Gasteiger partial charge in [-0.15, -0.1) is 12.4 Å². The van der Waals surface area contributed by atoms with Crippen molar-refractivity contribution in [2.24, 2.45) is 0 Å². The number of morpholine rings is 1. The van der Waals surface area contributed by atoms with E-state index in [1.807, 2.05) is 36.4 Å². The van der Waals surface area contributed by atoms with E-state index in [-0.39, 0.29) is 24.1 Å². The van der Waals surface area contributed by atoms with Crippen LogP contribution < -0.4 is 9.64 Å². The van der Waals surface area contributed by atoms with Crippen molar-refractivity contribution >= 4 is 50.8 Å². The molecular weight excluding hydrogens is 522 g/mol. The SMILES string of the molecule is COc1ccc2sc(N(CCCN3CCOCC3)C(=O)c3ccc(C(=O)c4ccccc4)cc3)nc2c1.Cl. The summed E-state index contributed by atoms with van der Waals surface area (Å²) in [4.78, 5) is 35.4. The minimum atomic E-state index is -0.133. The molecule has 7 nitrogen and oxygen atoms in total. The Bertz CT molecular complexity index is 1370. The first-order valence-electron chi connectivity index (χ1n) is 12.4. The lowest BCUT2D eigenvalue weighted by Gasteiger charge is -2.27. The zero-order chi connectivity index (χ0) is 25.6. The Morgan fingerprint density at radius 3 is 2.37 bits per heavy atom. The first-order valence-corrected chi connectivity index (χ1v) is 13.2. The van der Waals surface area contributed by atoms with Gasteiger partial charge in [0, 0.05) is 48.9 Å². The number of rotatable bonds is 9. The summed E-state index contributed by atoms with van der Waals surface area (Å²) in [6, 6.07) is 21.8. The Morgan fingerprint density at radius 1 is 0.974 bits per heavy atom. The van der Waals surface area contributed by atoms with Crippen LogP contribution >= 0.6 is 23.7 Å². The van der Waals surface area contributed by atoms with E-state index >= 15 is 0 Å². The van der Waals surface area contributed by atoms with Crippen LogP contribution in [0.1, 0.15) is 32.7 Å². The van der Waals surface area contributed by atoms with E-state index < -0.39 is 0 Å². The number of amides is 1. The molecule has 0 unspecified atom stereocenters. The normalized spacial score (nSPS) is 13.6. The third-order valence-electron chi connectivity index (χ3n) is 6.45. The molecule has 1 aliphatic heterocycles. The molecule has 9 heteroatoms. The number of hydrogen-bond acceptors (Lipinski definition) is 7. The minimum absolute atomic E-state index is 0. The minimum Gasteiger partial charge on any atom is -0.497 e. The summed E-state index contributed by atoms with van der Waals surface area (Å²) in [7, 11) is 1.63. The summed E-state index contributed by atoms with van der Waals surface area (Å²) in [6.45, 7) is 4.73. The predicted octanol–water partition coefficient (Wildman–Crippen LogP) is 5.33. The standard InChI is InChI=1S/C29H29N3O4S.ClH/c1-35-24-12-13-26-25(20-24)30-29(37-26)32(15-5-14-31-16-18-36-19-17-31)28(34)23-10-8-22(9-11-23)27(33)21-6-3-2-4-7-21;/h2-4,6-13,20H,5,14-19H2,1H3;1H. The summed E-state index contributed by atoms with van der Waals surface area (Å²) < 4.78 is 11.8. The maximum atomic E-state index is 13.7. The molecule has 1 amide bonds. The average molecular weight is 552 g/mol. The number of nitrogens with zero attached hydrogens (tertiary/aromatic N) is 3. The number of hydrogen-bond donors (Lipinski definition) is 0. The molecule has 0 saturated carbocycles. The molecule has 198 valence electrons. The summed E-state index contributed by atoms with van der Waals surface area (Å²) in [5, 5.41) is 0.652. The topological polar surface area (TPSA) is 72.0 Å². The van der Waals surface area contributed by atoms with Gasteiger partial charge in [0.1, 0.15) is 5.75 Å². The van der Waals surface area contributed by atoms with Crippen LogP contribution in [0, 0.1) is 0 Å². The number of ether oxygens (including phenoxy) is 2. The lowest BCUT2D eigenvalue weighted by molar-refractivity contribution is 0.0376. The Labute approximate surface area is 232 Å². The van der Waals surface area contributed by atoms with Crippen molar-refractivity contribution in [3.05, 3.63) is 89.5 Å². The summed E-state index contributed by atoms with van der Waals surface area (Å²) >= 11 is 1.49. The second-order valence-electron chi connectivity index (χ2n) is 8.87. The van der Waals surface area contributed by atoms with Gasteiger partial charge in [0.2, 0.25) is 0 Å². The number of aromatic nitrogens is 1. The van der Waals surface area contributed by atoms with Crippen molar-refractivity contribution < 1.29 is 19.1 Å². The van der Waals surface area contributed by atoms with Crippen LogP contribution in [0.5, 0.6) is 5.75 Å². The van der Waals surface area contributed by atoms with Gasteiger partial charge in [-0.3, -0.25) is 19.4 Å². The first-order chi connectivity index (χ1) is 18.1. The number of fused-ring (bicyclic) bond motifs is 1. The second kappa shape index (κ2) is 13.0. The molecule has 2 heterocycles. The lowest BCUT2D eigenvalue weighted by atomic mass is 10.0. The van der Waals surface area contributed by atoms with Gasteiger partial charge in [-0.1, -0.05) is 53.8 Å². The zero-order valence-electron chi connectivity index (χ0n) is 21.2. The van der Waals surface area contributed by atoms with Gasteiger partial charge in [0.05, 0.1) is 30.5 Å². The van der Waals surface area contributed by atoms with Crippen LogP contribution in [-0.2, 0) is 4.74 Å². The molecular formula is C29H30ClN3O4S. The maximum absolute atomic E-state index is 13.7. The molecule has 0 radical (unpaired) electrons. The third kappa shape index (κ3) is 6.39. The molecule has 1 saturated heterocycles. The van der Waals surface area contributed by atoms with Crippen LogP contribution in [0.4, 0.5) is 5.13 Å². The van der Waals surface area contributed by atoms with Crippen molar-refractivity contribution in [3.63, 3.8) is 0 Å². The molecule has 0 spiro atoms. The predicted molar refractivity (Wildman–Crippen MR) is 153 cm³/mol. The molecule has 1 aromatic heterocycles. The van der Waals surface area contributed by atoms with E-state index in [9.17, 15) is 9.59 Å². The number of carbonyl (C=O) groups excluding carboxylic acids is 2. The van der Waals surface area contributed by atoms with Gasteiger partial charge >= 0.3 is 0 Å². The number of halogens is 1. The average Bonchev–Trinajstić information content (AvgIpc) is 3.38. The highest BCUT2D eigenvalue weighted by Gasteiger charge is 2.22. The molecule has 0 aliphatic carbocycles. The van der Waals surface area contributed by atoms with Crippen LogP contribution in [0.3, 0.4) is 0 Å². The van der Waals surface area contributed by atoms with E-state index in [0.29, 0.717) is 28.4 Å². The molecule has 0 bridgehead atoms. The van der Waals surface area contributed by atoms with Crippen LogP contribution in [0.25, 0.3) is 10.2 Å². The van der Waals surface area contributed by atoms with E-state index in [4.69, 9.17) is 14.5 Å². The van der Waals surface area contributed by atoms with Crippen LogP contribution in [0.2, 0.25) is 0 Å². The van der Waals surface area contributed by atoms with Crippen LogP contribution in [-0.4, -0.2) is 68.1 Å². The van der Waals surface area contributed by atoms with Crippen molar-refractivity contribution in [1.82, 2.24) is 9.88 Å². The fourth-order valence-corrected chi connectivity index (χ4v) is 5.35. The van der Waals surface area contributed by atoms with E-state index in [2.05, 4.69) is 4.90 Å². The fraction of sp³-hybridized carbons (Fsp3) is 0.276. The Hall–Kier alpha value is -3.30. The highest BCUT2D eigenvalue weighted by atomic mass is 35.5. The highest BCUT2D eigenvalue weighted by molar-refractivity contribution is 7.22. The quantitative estimate of drug-likeness (QED) is 0.262. The van der Waals surface area contributed by atoms with Gasteiger partial charge in [0.15, 0.2) is 10.9 Å². The molecule has 3 aromatic carbocycles. The smallest absolute Gasteiger partial charge is 0.260 e. The Balaban J connectivity index is 0.00000336. The summed E-state index contributed by atoms with van der Waals surface area (Å²) in [5.74, 6) is 0.530. The first kappa shape index (κ1) is 27.7. The molecule has 4 aromatic rings. The molecule has 0 atom stereocenters. The van der Waals surface area contributed by atoms with Crippen molar-refractivity contribution in [2.75, 3.05) is 51.4 Å². The highest BCUT2D eigenvalue weighted by Crippen LogP contribution is 2.32. The van der Waals surface area contributed by atoms with Gasteiger partial charge in [-0.05, 0) is 30.7 Å². The van der Waals surface area contributed by atoms with Crippen molar-refractivity contribution in [2.45, 2.75) is 6.42 Å².